The van der Waals surface area contributed by atoms with Gasteiger partial charge < -0.3 is 5.32 Å². The summed E-state index contributed by atoms with van der Waals surface area (Å²) in [7, 11) is 1.87. The van der Waals surface area contributed by atoms with Gasteiger partial charge >= 0.3 is 0 Å². The Labute approximate surface area is 122 Å². The van der Waals surface area contributed by atoms with E-state index in [4.69, 9.17) is 0 Å². The number of halogens is 1. The lowest BCUT2D eigenvalue weighted by Gasteiger charge is -2.19. The summed E-state index contributed by atoms with van der Waals surface area (Å²) >= 11 is 1.70. The molecule has 0 saturated carbocycles. The highest BCUT2D eigenvalue weighted by Gasteiger charge is 2.18. The molecule has 0 aliphatic rings. The number of fused-ring (bicyclic) bond motifs is 1. The highest BCUT2D eigenvalue weighted by atomic mass is 32.1. The first-order chi connectivity index (χ1) is 9.70. The van der Waals surface area contributed by atoms with Crippen LogP contribution in [0.25, 0.3) is 10.1 Å². The minimum absolute atomic E-state index is 0.128. The zero-order valence-corrected chi connectivity index (χ0v) is 12.3. The van der Waals surface area contributed by atoms with Crippen LogP contribution < -0.4 is 5.32 Å². The molecule has 2 aromatic carbocycles. The molecule has 1 N–H and O–H groups in total. The molecule has 20 heavy (non-hydrogen) atoms. The average Bonchev–Trinajstić information content (AvgIpc) is 2.92. The van der Waals surface area contributed by atoms with Gasteiger partial charge in [0.05, 0.1) is 6.04 Å². The van der Waals surface area contributed by atoms with Crippen molar-refractivity contribution < 1.29 is 4.39 Å². The van der Waals surface area contributed by atoms with Crippen LogP contribution in [0.1, 0.15) is 22.7 Å². The Morgan fingerprint density at radius 3 is 2.75 bits per heavy atom. The number of nitrogens with one attached hydrogen (secondary N) is 1. The second kappa shape index (κ2) is 5.35. The van der Waals surface area contributed by atoms with Crippen molar-refractivity contribution in [3.05, 3.63) is 70.4 Å². The van der Waals surface area contributed by atoms with Crippen LogP contribution >= 0.6 is 11.3 Å². The Bertz CT molecular complexity index is 748. The molecule has 0 aliphatic carbocycles. The molecule has 0 aliphatic heterocycles. The fourth-order valence-electron chi connectivity index (χ4n) is 2.61. The van der Waals surface area contributed by atoms with Crippen molar-refractivity contribution in [3.63, 3.8) is 0 Å². The minimum atomic E-state index is -0.163. The van der Waals surface area contributed by atoms with Gasteiger partial charge in [-0.15, -0.1) is 11.3 Å². The third kappa shape index (κ3) is 2.23. The summed E-state index contributed by atoms with van der Waals surface area (Å²) < 4.78 is 15.4. The maximum atomic E-state index is 14.2. The molecule has 1 atom stereocenters. The van der Waals surface area contributed by atoms with Crippen molar-refractivity contribution in [3.8, 4) is 0 Å². The predicted octanol–water partition coefficient (Wildman–Crippen LogP) is 4.66. The Morgan fingerprint density at radius 2 is 1.95 bits per heavy atom. The Morgan fingerprint density at radius 1 is 1.10 bits per heavy atom. The lowest BCUT2D eigenvalue weighted by molar-refractivity contribution is 0.577. The van der Waals surface area contributed by atoms with E-state index in [0.29, 0.717) is 5.56 Å². The van der Waals surface area contributed by atoms with E-state index < -0.39 is 0 Å². The second-order valence-electron chi connectivity index (χ2n) is 4.93. The number of hydrogen-bond donors (Lipinski definition) is 1. The summed E-state index contributed by atoms with van der Waals surface area (Å²) in [6.07, 6.45) is 0. The number of hydrogen-bond acceptors (Lipinski definition) is 2. The van der Waals surface area contributed by atoms with Crippen LogP contribution in [0, 0.1) is 12.7 Å². The van der Waals surface area contributed by atoms with Crippen LogP contribution in [0.4, 0.5) is 4.39 Å². The van der Waals surface area contributed by atoms with E-state index in [-0.39, 0.29) is 11.9 Å². The normalized spacial score (nSPS) is 12.8. The van der Waals surface area contributed by atoms with Crippen molar-refractivity contribution in [2.45, 2.75) is 13.0 Å². The van der Waals surface area contributed by atoms with Crippen LogP contribution in [-0.4, -0.2) is 7.05 Å². The molecule has 102 valence electrons. The summed E-state index contributed by atoms with van der Waals surface area (Å²) in [5.74, 6) is -0.163. The summed E-state index contributed by atoms with van der Waals surface area (Å²) in [6, 6.07) is 13.4. The topological polar surface area (TPSA) is 12.0 Å². The van der Waals surface area contributed by atoms with Gasteiger partial charge in [-0.25, -0.2) is 4.39 Å². The molecule has 1 heterocycles. The molecule has 1 aromatic heterocycles. The fourth-order valence-corrected chi connectivity index (χ4v) is 3.55. The third-order valence-electron chi connectivity index (χ3n) is 3.57. The van der Waals surface area contributed by atoms with Crippen molar-refractivity contribution in [1.29, 1.82) is 0 Å². The highest BCUT2D eigenvalue weighted by Crippen LogP contribution is 2.33. The molecule has 0 bridgehead atoms. The van der Waals surface area contributed by atoms with Crippen LogP contribution in [0.3, 0.4) is 0 Å². The Kier molecular flexibility index (Phi) is 3.55. The molecule has 0 radical (unpaired) electrons. The summed E-state index contributed by atoms with van der Waals surface area (Å²) in [5.41, 5.74) is 2.90. The molecule has 1 unspecified atom stereocenters. The highest BCUT2D eigenvalue weighted by molar-refractivity contribution is 7.17. The predicted molar refractivity (Wildman–Crippen MR) is 83.9 cm³/mol. The molecular weight excluding hydrogens is 269 g/mol. The smallest absolute Gasteiger partial charge is 0.128 e. The Hall–Kier alpha value is -1.71. The fraction of sp³-hybridized carbons (Fsp3) is 0.176. The van der Waals surface area contributed by atoms with Crippen molar-refractivity contribution in [1.82, 2.24) is 5.32 Å². The molecule has 3 heteroatoms. The molecule has 0 fully saturated rings. The van der Waals surface area contributed by atoms with Crippen molar-refractivity contribution in [2.75, 3.05) is 7.05 Å². The summed E-state index contributed by atoms with van der Waals surface area (Å²) in [6.45, 7) is 1.99. The third-order valence-corrected chi connectivity index (χ3v) is 4.55. The number of aryl methyl sites for hydroxylation is 1. The van der Waals surface area contributed by atoms with E-state index >= 15 is 0 Å². The van der Waals surface area contributed by atoms with E-state index in [1.54, 1.807) is 23.5 Å². The molecule has 1 nitrogen and oxygen atoms in total. The standard InChI is InChI=1S/C17H16FNS/c1-11-6-7-15(18)14(10-11)16(19-2)13-5-3-4-12-8-9-20-17(12)13/h3-10,16,19H,1-2H3. The lowest BCUT2D eigenvalue weighted by Crippen LogP contribution is -2.19. The largest absolute Gasteiger partial charge is 0.309 e. The van der Waals surface area contributed by atoms with Gasteiger partial charge in [-0.1, -0.05) is 35.9 Å². The quantitative estimate of drug-likeness (QED) is 0.738. The number of benzene rings is 2. The van der Waals surface area contributed by atoms with Gasteiger partial charge in [-0.05, 0) is 42.4 Å². The first-order valence-corrected chi connectivity index (χ1v) is 7.48. The zero-order chi connectivity index (χ0) is 14.1. The van der Waals surface area contributed by atoms with E-state index in [9.17, 15) is 4.39 Å². The van der Waals surface area contributed by atoms with Gasteiger partial charge in [0.15, 0.2) is 0 Å². The summed E-state index contributed by atoms with van der Waals surface area (Å²) in [4.78, 5) is 0. The molecule has 3 aromatic rings. The van der Waals surface area contributed by atoms with Gasteiger partial charge in [0.25, 0.3) is 0 Å². The number of rotatable bonds is 3. The van der Waals surface area contributed by atoms with Crippen molar-refractivity contribution in [2.24, 2.45) is 0 Å². The maximum absolute atomic E-state index is 14.2. The average molecular weight is 285 g/mol. The molecular formula is C17H16FNS. The van der Waals surface area contributed by atoms with Crippen LogP contribution in [0.2, 0.25) is 0 Å². The first kappa shape index (κ1) is 13.3. The minimum Gasteiger partial charge on any atom is -0.309 e. The molecule has 0 amide bonds. The lowest BCUT2D eigenvalue weighted by atomic mass is 9.96. The summed E-state index contributed by atoms with van der Waals surface area (Å²) in [5, 5.41) is 6.54. The molecule has 0 spiro atoms. The van der Waals surface area contributed by atoms with E-state index in [1.165, 1.54) is 10.1 Å². The van der Waals surface area contributed by atoms with E-state index in [0.717, 1.165) is 11.1 Å². The van der Waals surface area contributed by atoms with Gasteiger partial charge in [0, 0.05) is 10.3 Å². The SMILES string of the molecule is CNC(c1cc(C)ccc1F)c1cccc2ccsc12. The molecule has 3 rings (SSSR count). The Balaban J connectivity index is 2.19. The van der Waals surface area contributed by atoms with Crippen LogP contribution in [0.15, 0.2) is 47.8 Å². The van der Waals surface area contributed by atoms with E-state index in [2.05, 4.69) is 28.9 Å². The number of thiophene rings is 1. The van der Waals surface area contributed by atoms with Gasteiger partial charge in [0.1, 0.15) is 5.82 Å². The van der Waals surface area contributed by atoms with Crippen LogP contribution in [-0.2, 0) is 0 Å². The van der Waals surface area contributed by atoms with Gasteiger partial charge in [-0.3, -0.25) is 0 Å². The van der Waals surface area contributed by atoms with Crippen LogP contribution in [0.5, 0.6) is 0 Å². The maximum Gasteiger partial charge on any atom is 0.128 e. The van der Waals surface area contributed by atoms with E-state index in [1.807, 2.05) is 26.1 Å². The monoisotopic (exact) mass is 285 g/mol. The van der Waals surface area contributed by atoms with Gasteiger partial charge in [0.2, 0.25) is 0 Å². The second-order valence-corrected chi connectivity index (χ2v) is 5.85. The van der Waals surface area contributed by atoms with Crippen molar-refractivity contribution >= 4 is 21.4 Å². The first-order valence-electron chi connectivity index (χ1n) is 6.60. The zero-order valence-electron chi connectivity index (χ0n) is 11.5. The van der Waals surface area contributed by atoms with Gasteiger partial charge in [-0.2, -0.15) is 0 Å². The molecule has 0 saturated heterocycles.